The summed E-state index contributed by atoms with van der Waals surface area (Å²) in [4.78, 5) is 15.2. The van der Waals surface area contributed by atoms with Gasteiger partial charge in [0, 0.05) is 11.4 Å². The van der Waals surface area contributed by atoms with Crippen molar-refractivity contribution in [3.05, 3.63) is 20.8 Å². The second kappa shape index (κ2) is 7.26. The van der Waals surface area contributed by atoms with Crippen LogP contribution in [-0.4, -0.2) is 23.4 Å². The first kappa shape index (κ1) is 15.7. The maximum absolute atomic E-state index is 12.2. The minimum absolute atomic E-state index is 0.0516. The van der Waals surface area contributed by atoms with Crippen molar-refractivity contribution in [3.8, 4) is 0 Å². The number of halogens is 1. The number of nitrogens with two attached hydrogens (primary N) is 1. The Morgan fingerprint density at radius 3 is 2.61 bits per heavy atom. The molecule has 0 bridgehead atoms. The maximum atomic E-state index is 12.2. The number of hydrogen-bond acceptors (Lipinski definition) is 3. The quantitative estimate of drug-likeness (QED) is 0.869. The maximum Gasteiger partial charge on any atom is 0.239 e. The van der Waals surface area contributed by atoms with Crippen LogP contribution in [0.15, 0.2) is 15.9 Å². The summed E-state index contributed by atoms with van der Waals surface area (Å²) in [5.74, 6) is 0.495. The average Bonchev–Trinajstić information content (AvgIpc) is 2.70. The Kier molecular flexibility index (Phi) is 6.32. The summed E-state index contributed by atoms with van der Waals surface area (Å²) in [6.07, 6.45) is 0.740. The van der Waals surface area contributed by atoms with Gasteiger partial charge < -0.3 is 10.6 Å². The molecule has 0 aliphatic carbocycles. The Bertz CT molecular complexity index is 392. The van der Waals surface area contributed by atoms with Crippen molar-refractivity contribution in [3.63, 3.8) is 0 Å². The van der Waals surface area contributed by atoms with Crippen molar-refractivity contribution in [1.29, 1.82) is 0 Å². The number of thiophene rings is 1. The van der Waals surface area contributed by atoms with Gasteiger partial charge >= 0.3 is 0 Å². The molecule has 102 valence electrons. The fourth-order valence-corrected chi connectivity index (χ4v) is 3.31. The number of carbonyl (C=O) groups excluding carboxylic acids is 1. The third-order valence-electron chi connectivity index (χ3n) is 2.71. The Hall–Kier alpha value is -0.390. The molecule has 1 rings (SSSR count). The van der Waals surface area contributed by atoms with Crippen LogP contribution >= 0.6 is 27.3 Å². The zero-order valence-electron chi connectivity index (χ0n) is 11.1. The number of hydrogen-bond donors (Lipinski definition) is 1. The molecule has 0 aromatic carbocycles. The molecule has 0 spiro atoms. The summed E-state index contributed by atoms with van der Waals surface area (Å²) >= 11 is 5.09. The van der Waals surface area contributed by atoms with Crippen LogP contribution in [-0.2, 0) is 11.3 Å². The summed E-state index contributed by atoms with van der Waals surface area (Å²) < 4.78 is 1.09. The lowest BCUT2D eigenvalue weighted by Gasteiger charge is -2.24. The van der Waals surface area contributed by atoms with Gasteiger partial charge in [-0.3, -0.25) is 4.79 Å². The highest BCUT2D eigenvalue weighted by Crippen LogP contribution is 2.23. The van der Waals surface area contributed by atoms with Gasteiger partial charge in [0.2, 0.25) is 5.91 Å². The number of carbonyl (C=O) groups is 1. The lowest BCUT2D eigenvalue weighted by Crippen LogP contribution is -2.43. The molecule has 1 amide bonds. The van der Waals surface area contributed by atoms with Crippen LogP contribution in [0.3, 0.4) is 0 Å². The smallest absolute Gasteiger partial charge is 0.239 e. The topological polar surface area (TPSA) is 46.3 Å². The molecule has 0 fully saturated rings. The SMILES string of the molecule is CCN(Cc1ccc(Br)s1)C(=O)[C@@H](N)CC(C)C. The Morgan fingerprint density at radius 2 is 2.17 bits per heavy atom. The third-order valence-corrected chi connectivity index (χ3v) is 4.32. The monoisotopic (exact) mass is 332 g/mol. The van der Waals surface area contributed by atoms with Gasteiger partial charge in [0.25, 0.3) is 0 Å². The first-order chi connectivity index (χ1) is 8.43. The molecule has 18 heavy (non-hydrogen) atoms. The molecule has 2 N–H and O–H groups in total. The van der Waals surface area contributed by atoms with Gasteiger partial charge in [-0.25, -0.2) is 0 Å². The lowest BCUT2D eigenvalue weighted by molar-refractivity contribution is -0.133. The predicted octanol–water partition coefficient (Wildman–Crippen LogP) is 3.23. The van der Waals surface area contributed by atoms with Gasteiger partial charge in [-0.1, -0.05) is 13.8 Å². The molecule has 1 heterocycles. The highest BCUT2D eigenvalue weighted by atomic mass is 79.9. The van der Waals surface area contributed by atoms with Crippen molar-refractivity contribution < 1.29 is 4.79 Å². The minimum Gasteiger partial charge on any atom is -0.336 e. The van der Waals surface area contributed by atoms with E-state index < -0.39 is 0 Å². The van der Waals surface area contributed by atoms with E-state index in [2.05, 4.69) is 29.8 Å². The summed E-state index contributed by atoms with van der Waals surface area (Å²) in [6, 6.07) is 3.67. The van der Waals surface area contributed by atoms with E-state index in [1.54, 1.807) is 11.3 Å². The molecule has 0 saturated carbocycles. The number of likely N-dealkylation sites (N-methyl/N-ethyl adjacent to an activating group) is 1. The Morgan fingerprint density at radius 1 is 1.50 bits per heavy atom. The molecular weight excluding hydrogens is 312 g/mol. The van der Waals surface area contributed by atoms with Crippen LogP contribution in [0.1, 0.15) is 32.1 Å². The molecule has 0 aliphatic heterocycles. The van der Waals surface area contributed by atoms with E-state index in [9.17, 15) is 4.79 Å². The normalized spacial score (nSPS) is 12.8. The van der Waals surface area contributed by atoms with E-state index >= 15 is 0 Å². The Labute approximate surface area is 121 Å². The number of amides is 1. The fraction of sp³-hybridized carbons (Fsp3) is 0.615. The van der Waals surface area contributed by atoms with Crippen LogP contribution in [0.2, 0.25) is 0 Å². The fourth-order valence-electron chi connectivity index (χ4n) is 1.81. The molecule has 0 radical (unpaired) electrons. The predicted molar refractivity (Wildman–Crippen MR) is 80.5 cm³/mol. The van der Waals surface area contributed by atoms with Crippen LogP contribution in [0.5, 0.6) is 0 Å². The van der Waals surface area contributed by atoms with Crippen LogP contribution in [0.25, 0.3) is 0 Å². The van der Waals surface area contributed by atoms with Crippen LogP contribution < -0.4 is 5.73 Å². The molecular formula is C13H21BrN2OS. The second-order valence-electron chi connectivity index (χ2n) is 4.79. The average molecular weight is 333 g/mol. The molecule has 3 nitrogen and oxygen atoms in total. The van der Waals surface area contributed by atoms with E-state index in [0.717, 1.165) is 10.2 Å². The van der Waals surface area contributed by atoms with Gasteiger partial charge in [-0.05, 0) is 47.3 Å². The van der Waals surface area contributed by atoms with Crippen molar-refractivity contribution >= 4 is 33.2 Å². The van der Waals surface area contributed by atoms with Crippen LogP contribution in [0.4, 0.5) is 0 Å². The molecule has 1 aromatic rings. The van der Waals surface area contributed by atoms with Crippen molar-refractivity contribution in [1.82, 2.24) is 4.90 Å². The van der Waals surface area contributed by atoms with Crippen molar-refractivity contribution in [2.24, 2.45) is 11.7 Å². The van der Waals surface area contributed by atoms with Gasteiger partial charge in [0.15, 0.2) is 0 Å². The van der Waals surface area contributed by atoms with E-state index in [-0.39, 0.29) is 11.9 Å². The highest BCUT2D eigenvalue weighted by molar-refractivity contribution is 9.11. The van der Waals surface area contributed by atoms with Crippen molar-refractivity contribution in [2.45, 2.75) is 39.8 Å². The zero-order chi connectivity index (χ0) is 13.7. The van der Waals surface area contributed by atoms with Gasteiger partial charge in [0.1, 0.15) is 0 Å². The second-order valence-corrected chi connectivity index (χ2v) is 7.34. The van der Waals surface area contributed by atoms with E-state index in [0.29, 0.717) is 19.0 Å². The molecule has 0 aliphatic rings. The number of rotatable bonds is 6. The molecule has 0 saturated heterocycles. The van der Waals surface area contributed by atoms with Gasteiger partial charge in [0.05, 0.1) is 16.4 Å². The van der Waals surface area contributed by atoms with Gasteiger partial charge in [-0.2, -0.15) is 0 Å². The largest absolute Gasteiger partial charge is 0.336 e. The summed E-state index contributed by atoms with van der Waals surface area (Å²) in [7, 11) is 0. The standard InChI is InChI=1S/C13H21BrN2OS/c1-4-16(8-10-5-6-12(14)18-10)13(17)11(15)7-9(2)3/h5-6,9,11H,4,7-8,15H2,1-3H3/t11-/m0/s1. The summed E-state index contributed by atoms with van der Waals surface area (Å²) in [5, 5.41) is 0. The first-order valence-corrected chi connectivity index (χ1v) is 7.83. The molecule has 5 heteroatoms. The lowest BCUT2D eigenvalue weighted by atomic mass is 10.0. The van der Waals surface area contributed by atoms with Crippen molar-refractivity contribution in [2.75, 3.05) is 6.54 Å². The Balaban J connectivity index is 2.62. The highest BCUT2D eigenvalue weighted by Gasteiger charge is 2.21. The van der Waals surface area contributed by atoms with Crippen LogP contribution in [0, 0.1) is 5.92 Å². The summed E-state index contributed by atoms with van der Waals surface area (Å²) in [6.45, 7) is 7.50. The van der Waals surface area contributed by atoms with E-state index in [4.69, 9.17) is 5.73 Å². The third kappa shape index (κ3) is 4.71. The van der Waals surface area contributed by atoms with E-state index in [1.165, 1.54) is 4.88 Å². The van der Waals surface area contributed by atoms with E-state index in [1.807, 2.05) is 24.0 Å². The molecule has 0 unspecified atom stereocenters. The first-order valence-electron chi connectivity index (χ1n) is 6.22. The minimum atomic E-state index is -0.381. The zero-order valence-corrected chi connectivity index (χ0v) is 13.6. The van der Waals surface area contributed by atoms with Gasteiger partial charge in [-0.15, -0.1) is 11.3 Å². The molecule has 1 atom stereocenters. The number of nitrogens with zero attached hydrogens (tertiary/aromatic N) is 1. The summed E-state index contributed by atoms with van der Waals surface area (Å²) in [5.41, 5.74) is 5.96. The molecule has 1 aromatic heterocycles.